The van der Waals surface area contributed by atoms with Crippen molar-refractivity contribution in [3.63, 3.8) is 0 Å². The van der Waals surface area contributed by atoms with Gasteiger partial charge in [-0.3, -0.25) is 4.99 Å². The summed E-state index contributed by atoms with van der Waals surface area (Å²) in [5.41, 5.74) is 5.47. The van der Waals surface area contributed by atoms with Gasteiger partial charge in [0.05, 0.1) is 11.3 Å². The monoisotopic (exact) mass is 276 g/mol. The Hall–Kier alpha value is -2.55. The van der Waals surface area contributed by atoms with Gasteiger partial charge in [0, 0.05) is 17.1 Å². The highest BCUT2D eigenvalue weighted by atomic mass is 16.3. The van der Waals surface area contributed by atoms with E-state index >= 15 is 0 Å². The van der Waals surface area contributed by atoms with Crippen molar-refractivity contribution < 1.29 is 5.11 Å². The fourth-order valence-corrected chi connectivity index (χ4v) is 3.06. The second kappa shape index (κ2) is 4.77. The lowest BCUT2D eigenvalue weighted by Crippen LogP contribution is -1.82. The molecule has 1 aliphatic carbocycles. The average Bonchev–Trinajstić information content (AvgIpc) is 3.08. The summed E-state index contributed by atoms with van der Waals surface area (Å²) in [6.07, 6.45) is 5.32. The van der Waals surface area contributed by atoms with E-state index in [1.54, 1.807) is 6.21 Å². The Morgan fingerprint density at radius 1 is 1.05 bits per heavy atom. The van der Waals surface area contributed by atoms with Gasteiger partial charge in [0.2, 0.25) is 0 Å². The molecule has 1 heterocycles. The predicted octanol–water partition coefficient (Wildman–Crippen LogP) is 4.11. The highest BCUT2D eigenvalue weighted by Crippen LogP contribution is 2.28. The van der Waals surface area contributed by atoms with Gasteiger partial charge >= 0.3 is 0 Å². The third-order valence-corrected chi connectivity index (χ3v) is 4.15. The van der Waals surface area contributed by atoms with Gasteiger partial charge in [0.15, 0.2) is 5.88 Å². The quantitative estimate of drug-likeness (QED) is 0.680. The van der Waals surface area contributed by atoms with Crippen molar-refractivity contribution in [1.82, 2.24) is 4.98 Å². The molecule has 3 aromatic rings. The van der Waals surface area contributed by atoms with Crippen molar-refractivity contribution in [3.05, 3.63) is 59.2 Å². The van der Waals surface area contributed by atoms with Crippen LogP contribution in [0.15, 0.2) is 47.5 Å². The van der Waals surface area contributed by atoms with E-state index in [-0.39, 0.29) is 5.88 Å². The second-order valence-electron chi connectivity index (χ2n) is 5.50. The predicted molar refractivity (Wildman–Crippen MR) is 85.7 cm³/mol. The van der Waals surface area contributed by atoms with Crippen molar-refractivity contribution in [2.24, 2.45) is 4.99 Å². The van der Waals surface area contributed by atoms with Gasteiger partial charge in [-0.25, -0.2) is 0 Å². The largest absolute Gasteiger partial charge is 0.494 e. The van der Waals surface area contributed by atoms with Gasteiger partial charge in [0.25, 0.3) is 0 Å². The first-order valence-corrected chi connectivity index (χ1v) is 7.27. The molecule has 0 bridgehead atoms. The lowest BCUT2D eigenvalue weighted by Gasteiger charge is -2.00. The molecule has 104 valence electrons. The fraction of sp³-hybridized carbons (Fsp3) is 0.167. The molecular weight excluding hydrogens is 260 g/mol. The topological polar surface area (TPSA) is 48.4 Å². The molecule has 2 aromatic carbocycles. The molecule has 0 atom stereocenters. The van der Waals surface area contributed by atoms with Gasteiger partial charge < -0.3 is 10.1 Å². The minimum atomic E-state index is 0.168. The smallest absolute Gasteiger partial charge is 0.198 e. The van der Waals surface area contributed by atoms with Gasteiger partial charge in [0.1, 0.15) is 0 Å². The van der Waals surface area contributed by atoms with E-state index < -0.39 is 0 Å². The number of aromatic amines is 1. The number of nitrogens with zero attached hydrogens (tertiary/aromatic N) is 1. The fourth-order valence-electron chi connectivity index (χ4n) is 3.06. The molecule has 0 saturated carbocycles. The third-order valence-electron chi connectivity index (χ3n) is 4.15. The summed E-state index contributed by atoms with van der Waals surface area (Å²) in [6, 6.07) is 14.2. The van der Waals surface area contributed by atoms with Crippen LogP contribution in [0.25, 0.3) is 10.9 Å². The van der Waals surface area contributed by atoms with Gasteiger partial charge in [-0.1, -0.05) is 24.3 Å². The number of para-hydroxylation sites is 1. The van der Waals surface area contributed by atoms with Crippen LogP contribution in [-0.2, 0) is 12.8 Å². The summed E-state index contributed by atoms with van der Waals surface area (Å²) in [5.74, 6) is 0.168. The molecule has 21 heavy (non-hydrogen) atoms. The van der Waals surface area contributed by atoms with E-state index in [1.807, 2.05) is 30.3 Å². The summed E-state index contributed by atoms with van der Waals surface area (Å²) in [5, 5.41) is 11.0. The highest BCUT2D eigenvalue weighted by Gasteiger charge is 2.11. The van der Waals surface area contributed by atoms with Crippen LogP contribution in [0, 0.1) is 0 Å². The number of benzene rings is 2. The third kappa shape index (κ3) is 2.11. The Morgan fingerprint density at radius 2 is 1.90 bits per heavy atom. The maximum Gasteiger partial charge on any atom is 0.198 e. The molecule has 4 rings (SSSR count). The second-order valence-corrected chi connectivity index (χ2v) is 5.50. The first kappa shape index (κ1) is 12.2. The molecule has 0 fully saturated rings. The lowest BCUT2D eigenvalue weighted by atomic mass is 10.1. The highest BCUT2D eigenvalue weighted by molar-refractivity contribution is 6.02. The molecule has 0 aliphatic heterocycles. The maximum atomic E-state index is 10.0. The Morgan fingerprint density at radius 3 is 2.86 bits per heavy atom. The van der Waals surface area contributed by atoms with Crippen molar-refractivity contribution in [2.45, 2.75) is 19.3 Å². The zero-order valence-electron chi connectivity index (χ0n) is 11.6. The van der Waals surface area contributed by atoms with E-state index in [9.17, 15) is 5.11 Å². The van der Waals surface area contributed by atoms with E-state index in [0.717, 1.165) is 28.6 Å². The van der Waals surface area contributed by atoms with Crippen LogP contribution in [-0.4, -0.2) is 16.3 Å². The number of aryl methyl sites for hydroxylation is 2. The van der Waals surface area contributed by atoms with Crippen LogP contribution in [0.4, 0.5) is 5.69 Å². The van der Waals surface area contributed by atoms with Crippen LogP contribution in [0.5, 0.6) is 5.88 Å². The molecule has 1 aliphatic rings. The van der Waals surface area contributed by atoms with Crippen LogP contribution >= 0.6 is 0 Å². The van der Waals surface area contributed by atoms with Crippen molar-refractivity contribution in [3.8, 4) is 5.88 Å². The first-order valence-electron chi connectivity index (χ1n) is 7.27. The minimum Gasteiger partial charge on any atom is -0.494 e. The van der Waals surface area contributed by atoms with E-state index in [0.29, 0.717) is 0 Å². The number of nitrogens with one attached hydrogen (secondary N) is 1. The number of hydrogen-bond acceptors (Lipinski definition) is 2. The lowest BCUT2D eigenvalue weighted by molar-refractivity contribution is 0.457. The summed E-state index contributed by atoms with van der Waals surface area (Å²) in [7, 11) is 0. The Labute approximate surface area is 123 Å². The SMILES string of the molecule is Oc1[nH]c2ccccc2c1C=Nc1ccc2c(c1)CCC2. The zero-order valence-corrected chi connectivity index (χ0v) is 11.6. The number of fused-ring (bicyclic) bond motifs is 2. The standard InChI is InChI=1S/C18H16N2O/c21-18-16(15-6-1-2-7-17(15)20-18)11-19-14-9-8-12-4-3-5-13(12)10-14/h1-2,6-11,20-21H,3-5H2. The van der Waals surface area contributed by atoms with Crippen molar-refractivity contribution >= 4 is 22.8 Å². The molecule has 3 nitrogen and oxygen atoms in total. The van der Waals surface area contributed by atoms with Crippen LogP contribution < -0.4 is 0 Å². The van der Waals surface area contributed by atoms with Crippen molar-refractivity contribution in [1.29, 1.82) is 0 Å². The van der Waals surface area contributed by atoms with Gasteiger partial charge in [-0.05, 0) is 48.6 Å². The molecule has 0 radical (unpaired) electrons. The zero-order chi connectivity index (χ0) is 14.2. The van der Waals surface area contributed by atoms with Gasteiger partial charge in [-0.15, -0.1) is 0 Å². The summed E-state index contributed by atoms with van der Waals surface area (Å²) < 4.78 is 0. The van der Waals surface area contributed by atoms with Crippen LogP contribution in [0.1, 0.15) is 23.1 Å². The number of hydrogen-bond donors (Lipinski definition) is 2. The Balaban J connectivity index is 1.72. The van der Waals surface area contributed by atoms with Crippen LogP contribution in [0.2, 0.25) is 0 Å². The number of H-pyrrole nitrogens is 1. The number of aromatic nitrogens is 1. The molecule has 0 saturated heterocycles. The van der Waals surface area contributed by atoms with E-state index in [1.165, 1.54) is 24.0 Å². The molecule has 2 N–H and O–H groups in total. The molecular formula is C18H16N2O. The van der Waals surface area contributed by atoms with Gasteiger partial charge in [-0.2, -0.15) is 0 Å². The minimum absolute atomic E-state index is 0.168. The average molecular weight is 276 g/mol. The maximum absolute atomic E-state index is 10.0. The van der Waals surface area contributed by atoms with Crippen molar-refractivity contribution in [2.75, 3.05) is 0 Å². The number of rotatable bonds is 2. The first-order chi connectivity index (χ1) is 10.3. The summed E-state index contributed by atoms with van der Waals surface area (Å²) >= 11 is 0. The van der Waals surface area contributed by atoms with E-state index in [4.69, 9.17) is 0 Å². The Kier molecular flexibility index (Phi) is 2.78. The summed E-state index contributed by atoms with van der Waals surface area (Å²) in [4.78, 5) is 7.50. The normalized spacial score (nSPS) is 14.1. The Bertz CT molecular complexity index is 846. The molecule has 3 heteroatoms. The number of aliphatic imine (C=N–C) groups is 1. The molecule has 1 aromatic heterocycles. The van der Waals surface area contributed by atoms with E-state index in [2.05, 4.69) is 22.1 Å². The molecule has 0 spiro atoms. The molecule has 0 unspecified atom stereocenters. The number of aromatic hydroxyl groups is 1. The van der Waals surface area contributed by atoms with Crippen LogP contribution in [0.3, 0.4) is 0 Å². The summed E-state index contributed by atoms with van der Waals surface area (Å²) in [6.45, 7) is 0. The molecule has 0 amide bonds.